The Labute approximate surface area is 119 Å². The van der Waals surface area contributed by atoms with Gasteiger partial charge in [0.1, 0.15) is 6.26 Å². The normalized spacial score (nSPS) is 11.2. The Kier molecular flexibility index (Phi) is 3.06. The molecule has 3 rings (SSSR count). The van der Waals surface area contributed by atoms with Crippen LogP contribution >= 0.6 is 11.3 Å². The molecule has 20 heavy (non-hydrogen) atoms. The van der Waals surface area contributed by atoms with E-state index in [0.717, 1.165) is 16.3 Å². The van der Waals surface area contributed by atoms with E-state index in [2.05, 4.69) is 10.1 Å². The van der Waals surface area contributed by atoms with Crippen LogP contribution in [0.25, 0.3) is 4.96 Å². The monoisotopic (exact) mass is 290 g/mol. The molecule has 0 N–H and O–H groups in total. The molecule has 3 aromatic rings. The van der Waals surface area contributed by atoms with Crippen molar-refractivity contribution in [2.45, 2.75) is 20.4 Å². The fourth-order valence-corrected chi connectivity index (χ4v) is 3.00. The number of amides is 1. The van der Waals surface area contributed by atoms with E-state index in [1.807, 2.05) is 24.4 Å². The standard InChI is InChI=1S/C13H14N4O2S/c1-8-6-17-11(9(2)14-13(17)20-8)7-16(3)12(18)10-4-5-19-15-10/h4-6H,7H2,1-3H3. The molecular weight excluding hydrogens is 276 g/mol. The highest BCUT2D eigenvalue weighted by atomic mass is 32.1. The van der Waals surface area contributed by atoms with E-state index in [9.17, 15) is 4.79 Å². The van der Waals surface area contributed by atoms with Crippen LogP contribution in [0.3, 0.4) is 0 Å². The number of rotatable bonds is 3. The molecule has 104 valence electrons. The first-order chi connectivity index (χ1) is 9.56. The van der Waals surface area contributed by atoms with Gasteiger partial charge in [0.2, 0.25) is 0 Å². The van der Waals surface area contributed by atoms with Crippen molar-refractivity contribution in [3.05, 3.63) is 40.5 Å². The summed E-state index contributed by atoms with van der Waals surface area (Å²) in [5, 5.41) is 3.67. The number of aromatic nitrogens is 3. The lowest BCUT2D eigenvalue weighted by Gasteiger charge is -2.15. The van der Waals surface area contributed by atoms with Gasteiger partial charge in [-0.3, -0.25) is 9.20 Å². The Balaban J connectivity index is 1.89. The molecule has 0 bridgehead atoms. The van der Waals surface area contributed by atoms with Crippen LogP contribution in [-0.2, 0) is 6.54 Å². The summed E-state index contributed by atoms with van der Waals surface area (Å²) < 4.78 is 6.75. The highest BCUT2D eigenvalue weighted by molar-refractivity contribution is 7.17. The van der Waals surface area contributed by atoms with Gasteiger partial charge >= 0.3 is 0 Å². The quantitative estimate of drug-likeness (QED) is 0.742. The van der Waals surface area contributed by atoms with E-state index in [1.165, 1.54) is 11.1 Å². The van der Waals surface area contributed by atoms with Crippen LogP contribution in [0.5, 0.6) is 0 Å². The lowest BCUT2D eigenvalue weighted by molar-refractivity contribution is 0.0772. The zero-order chi connectivity index (χ0) is 14.3. The van der Waals surface area contributed by atoms with Gasteiger partial charge < -0.3 is 9.42 Å². The third-order valence-electron chi connectivity index (χ3n) is 3.13. The van der Waals surface area contributed by atoms with Crippen molar-refractivity contribution >= 4 is 22.2 Å². The number of hydrogen-bond acceptors (Lipinski definition) is 5. The van der Waals surface area contributed by atoms with Crippen LogP contribution < -0.4 is 0 Å². The second-order valence-corrected chi connectivity index (χ2v) is 5.90. The molecule has 6 nitrogen and oxygen atoms in total. The van der Waals surface area contributed by atoms with Crippen molar-refractivity contribution in [3.63, 3.8) is 0 Å². The Morgan fingerprint density at radius 2 is 2.30 bits per heavy atom. The van der Waals surface area contributed by atoms with Gasteiger partial charge in [0, 0.05) is 24.2 Å². The van der Waals surface area contributed by atoms with Crippen LogP contribution in [0.1, 0.15) is 26.8 Å². The molecule has 3 heterocycles. The maximum Gasteiger partial charge on any atom is 0.276 e. The zero-order valence-electron chi connectivity index (χ0n) is 11.5. The molecule has 0 saturated heterocycles. The second kappa shape index (κ2) is 4.75. The number of carbonyl (C=O) groups excluding carboxylic acids is 1. The molecule has 0 radical (unpaired) electrons. The van der Waals surface area contributed by atoms with E-state index < -0.39 is 0 Å². The molecule has 7 heteroatoms. The molecule has 0 saturated carbocycles. The smallest absolute Gasteiger partial charge is 0.276 e. The average Bonchev–Trinajstić information content (AvgIpc) is 3.08. The Morgan fingerprint density at radius 1 is 1.50 bits per heavy atom. The zero-order valence-corrected chi connectivity index (χ0v) is 12.3. The lowest BCUT2D eigenvalue weighted by Crippen LogP contribution is -2.27. The summed E-state index contributed by atoms with van der Waals surface area (Å²) in [6, 6.07) is 1.56. The summed E-state index contributed by atoms with van der Waals surface area (Å²) >= 11 is 1.64. The third kappa shape index (κ3) is 2.09. The van der Waals surface area contributed by atoms with Crippen LogP contribution in [0.15, 0.2) is 23.0 Å². The first-order valence-electron chi connectivity index (χ1n) is 6.16. The minimum Gasteiger partial charge on any atom is -0.364 e. The number of carbonyl (C=O) groups is 1. The van der Waals surface area contributed by atoms with Crippen molar-refractivity contribution in [2.75, 3.05) is 7.05 Å². The first kappa shape index (κ1) is 12.9. The maximum atomic E-state index is 12.2. The van der Waals surface area contributed by atoms with Crippen molar-refractivity contribution < 1.29 is 9.32 Å². The van der Waals surface area contributed by atoms with Crippen LogP contribution in [0, 0.1) is 13.8 Å². The van der Waals surface area contributed by atoms with E-state index >= 15 is 0 Å². The Morgan fingerprint density at radius 3 is 3.00 bits per heavy atom. The minimum absolute atomic E-state index is 0.167. The number of hydrogen-bond donors (Lipinski definition) is 0. The van der Waals surface area contributed by atoms with Crippen molar-refractivity contribution in [3.8, 4) is 0 Å². The summed E-state index contributed by atoms with van der Waals surface area (Å²) in [5.41, 5.74) is 2.27. The molecule has 0 aliphatic heterocycles. The fourth-order valence-electron chi connectivity index (χ4n) is 2.11. The average molecular weight is 290 g/mol. The van der Waals surface area contributed by atoms with E-state index in [-0.39, 0.29) is 5.91 Å². The number of thiazole rings is 1. The lowest BCUT2D eigenvalue weighted by atomic mass is 10.3. The first-order valence-corrected chi connectivity index (χ1v) is 6.97. The van der Waals surface area contributed by atoms with Gasteiger partial charge in [-0.2, -0.15) is 0 Å². The SMILES string of the molecule is Cc1cn2c(CN(C)C(=O)c3ccon3)c(C)nc2s1. The fraction of sp³-hybridized carbons (Fsp3) is 0.308. The van der Waals surface area contributed by atoms with Crippen LogP contribution in [-0.4, -0.2) is 32.4 Å². The van der Waals surface area contributed by atoms with E-state index in [1.54, 1.807) is 29.4 Å². The number of nitrogens with zero attached hydrogens (tertiary/aromatic N) is 4. The van der Waals surface area contributed by atoms with Crippen molar-refractivity contribution in [1.29, 1.82) is 0 Å². The maximum absolute atomic E-state index is 12.2. The predicted octanol–water partition coefficient (Wildman–Crippen LogP) is 2.27. The highest BCUT2D eigenvalue weighted by Crippen LogP contribution is 2.21. The van der Waals surface area contributed by atoms with E-state index in [4.69, 9.17) is 4.52 Å². The van der Waals surface area contributed by atoms with E-state index in [0.29, 0.717) is 12.2 Å². The molecule has 0 aromatic carbocycles. The summed E-state index contributed by atoms with van der Waals surface area (Å²) in [5.74, 6) is -0.167. The molecule has 0 aliphatic carbocycles. The molecular formula is C13H14N4O2S. The van der Waals surface area contributed by atoms with Gasteiger partial charge in [-0.1, -0.05) is 5.16 Å². The number of fused-ring (bicyclic) bond motifs is 1. The van der Waals surface area contributed by atoms with Crippen LogP contribution in [0.4, 0.5) is 0 Å². The number of aryl methyl sites for hydroxylation is 2. The molecule has 1 amide bonds. The largest absolute Gasteiger partial charge is 0.364 e. The van der Waals surface area contributed by atoms with Gasteiger partial charge in [-0.15, -0.1) is 11.3 Å². The Hall–Kier alpha value is -2.15. The Bertz CT molecular complexity index is 757. The molecule has 0 aliphatic rings. The molecule has 3 aromatic heterocycles. The van der Waals surface area contributed by atoms with Crippen molar-refractivity contribution in [1.82, 2.24) is 19.4 Å². The summed E-state index contributed by atoms with van der Waals surface area (Å²) in [6.07, 6.45) is 3.44. The topological polar surface area (TPSA) is 63.6 Å². The third-order valence-corrected chi connectivity index (χ3v) is 4.03. The van der Waals surface area contributed by atoms with Gasteiger partial charge in [0.15, 0.2) is 10.7 Å². The number of imidazole rings is 1. The molecule has 0 unspecified atom stereocenters. The highest BCUT2D eigenvalue weighted by Gasteiger charge is 2.18. The molecule has 0 spiro atoms. The van der Waals surface area contributed by atoms with Gasteiger partial charge in [-0.25, -0.2) is 4.98 Å². The minimum atomic E-state index is -0.167. The van der Waals surface area contributed by atoms with Crippen LogP contribution in [0.2, 0.25) is 0 Å². The van der Waals surface area contributed by atoms with Crippen molar-refractivity contribution in [2.24, 2.45) is 0 Å². The predicted molar refractivity (Wildman–Crippen MR) is 74.8 cm³/mol. The van der Waals surface area contributed by atoms with Gasteiger partial charge in [-0.05, 0) is 13.8 Å². The molecule has 0 fully saturated rings. The second-order valence-electron chi connectivity index (χ2n) is 4.68. The van der Waals surface area contributed by atoms with Gasteiger partial charge in [0.25, 0.3) is 5.91 Å². The summed E-state index contributed by atoms with van der Waals surface area (Å²) in [7, 11) is 1.75. The summed E-state index contributed by atoms with van der Waals surface area (Å²) in [4.78, 5) is 20.4. The van der Waals surface area contributed by atoms with Gasteiger partial charge in [0.05, 0.1) is 17.9 Å². The summed E-state index contributed by atoms with van der Waals surface area (Å²) in [6.45, 7) is 4.48. The molecule has 0 atom stereocenters.